The van der Waals surface area contributed by atoms with Crippen molar-refractivity contribution in [3.63, 3.8) is 0 Å². The van der Waals surface area contributed by atoms with Crippen LogP contribution in [0.4, 0.5) is 0 Å². The molecule has 0 aliphatic heterocycles. The van der Waals surface area contributed by atoms with E-state index in [1.807, 2.05) is 6.92 Å². The molecule has 0 aliphatic carbocycles. The monoisotopic (exact) mass is 202 g/mol. The van der Waals surface area contributed by atoms with Crippen LogP contribution in [0.2, 0.25) is 0 Å². The molecule has 0 heterocycles. The van der Waals surface area contributed by atoms with E-state index in [0.717, 1.165) is 6.42 Å². The first-order chi connectivity index (χ1) is 6.70. The zero-order valence-electron chi connectivity index (χ0n) is 8.88. The molecule has 0 spiro atoms. The van der Waals surface area contributed by atoms with Crippen LogP contribution in [0.25, 0.3) is 0 Å². The number of methoxy groups -OCH3 is 1. The van der Waals surface area contributed by atoms with Crippen molar-refractivity contribution in [3.05, 3.63) is 0 Å². The molecule has 0 amide bonds. The number of esters is 2. The number of hydrogen-bond acceptors (Lipinski definition) is 4. The van der Waals surface area contributed by atoms with Crippen molar-refractivity contribution < 1.29 is 19.1 Å². The maximum Gasteiger partial charge on any atom is 0.305 e. The van der Waals surface area contributed by atoms with Gasteiger partial charge in [0.2, 0.25) is 0 Å². The highest BCUT2D eigenvalue weighted by Crippen LogP contribution is 2.02. The number of carbonyl (C=O) groups is 2. The van der Waals surface area contributed by atoms with Crippen LogP contribution in [-0.2, 0) is 19.1 Å². The number of rotatable bonds is 7. The molecule has 82 valence electrons. The first-order valence-corrected chi connectivity index (χ1v) is 4.93. The zero-order chi connectivity index (χ0) is 10.8. The average Bonchev–Trinajstić information content (AvgIpc) is 2.21. The molecular weight excluding hydrogens is 184 g/mol. The molecule has 0 N–H and O–H groups in total. The fraction of sp³-hybridized carbons (Fsp3) is 0.800. The van der Waals surface area contributed by atoms with Gasteiger partial charge in [-0.1, -0.05) is 6.92 Å². The highest BCUT2D eigenvalue weighted by atomic mass is 16.5. The highest BCUT2D eigenvalue weighted by molar-refractivity contribution is 5.70. The Bertz CT molecular complexity index is 177. The van der Waals surface area contributed by atoms with Gasteiger partial charge in [0.15, 0.2) is 0 Å². The van der Waals surface area contributed by atoms with Crippen molar-refractivity contribution in [3.8, 4) is 0 Å². The van der Waals surface area contributed by atoms with Crippen molar-refractivity contribution >= 4 is 11.9 Å². The van der Waals surface area contributed by atoms with Gasteiger partial charge in [0, 0.05) is 12.8 Å². The molecule has 0 saturated carbocycles. The molecule has 0 atom stereocenters. The Morgan fingerprint density at radius 3 is 2.14 bits per heavy atom. The second-order valence-corrected chi connectivity index (χ2v) is 3.00. The van der Waals surface area contributed by atoms with Crippen molar-refractivity contribution in [1.29, 1.82) is 0 Å². The van der Waals surface area contributed by atoms with Gasteiger partial charge in [-0.2, -0.15) is 0 Å². The lowest BCUT2D eigenvalue weighted by atomic mass is 10.2. The Morgan fingerprint density at radius 2 is 1.64 bits per heavy atom. The molecule has 0 aromatic carbocycles. The van der Waals surface area contributed by atoms with Gasteiger partial charge < -0.3 is 9.47 Å². The van der Waals surface area contributed by atoms with Crippen LogP contribution in [0.1, 0.15) is 39.0 Å². The van der Waals surface area contributed by atoms with E-state index in [-0.39, 0.29) is 11.9 Å². The van der Waals surface area contributed by atoms with Crippen LogP contribution in [-0.4, -0.2) is 25.7 Å². The first-order valence-electron chi connectivity index (χ1n) is 4.93. The highest BCUT2D eigenvalue weighted by Gasteiger charge is 2.04. The van der Waals surface area contributed by atoms with E-state index >= 15 is 0 Å². The van der Waals surface area contributed by atoms with Crippen LogP contribution in [0, 0.1) is 0 Å². The molecule has 0 bridgehead atoms. The molecule has 0 fully saturated rings. The standard InChI is InChI=1S/C10H18O4/c1-3-8-14-10(12)7-5-4-6-9(11)13-2/h3-8H2,1-2H3. The summed E-state index contributed by atoms with van der Waals surface area (Å²) in [6.07, 6.45) is 2.95. The zero-order valence-corrected chi connectivity index (χ0v) is 8.88. The van der Waals surface area contributed by atoms with E-state index in [1.165, 1.54) is 7.11 Å². The molecule has 0 saturated heterocycles. The summed E-state index contributed by atoms with van der Waals surface area (Å²) in [5.74, 6) is -0.413. The molecular formula is C10H18O4. The topological polar surface area (TPSA) is 52.6 Å². The summed E-state index contributed by atoms with van der Waals surface area (Å²) in [6, 6.07) is 0. The van der Waals surface area contributed by atoms with E-state index in [2.05, 4.69) is 4.74 Å². The molecule has 4 heteroatoms. The molecule has 0 unspecified atom stereocenters. The Balaban J connectivity index is 3.27. The van der Waals surface area contributed by atoms with Crippen molar-refractivity contribution in [2.75, 3.05) is 13.7 Å². The SMILES string of the molecule is CCCOC(=O)CCCCC(=O)OC. The Labute approximate surface area is 84.6 Å². The smallest absolute Gasteiger partial charge is 0.305 e. The molecule has 0 rings (SSSR count). The van der Waals surface area contributed by atoms with Gasteiger partial charge in [0.25, 0.3) is 0 Å². The van der Waals surface area contributed by atoms with Crippen LogP contribution in [0.3, 0.4) is 0 Å². The van der Waals surface area contributed by atoms with E-state index in [9.17, 15) is 9.59 Å². The lowest BCUT2D eigenvalue weighted by molar-refractivity contribution is -0.144. The van der Waals surface area contributed by atoms with E-state index in [1.54, 1.807) is 0 Å². The minimum Gasteiger partial charge on any atom is -0.469 e. The van der Waals surface area contributed by atoms with Crippen molar-refractivity contribution in [1.82, 2.24) is 0 Å². The summed E-state index contributed by atoms with van der Waals surface area (Å²) >= 11 is 0. The maximum absolute atomic E-state index is 11.0. The fourth-order valence-electron chi connectivity index (χ4n) is 0.929. The van der Waals surface area contributed by atoms with Gasteiger partial charge in [0.1, 0.15) is 0 Å². The largest absolute Gasteiger partial charge is 0.469 e. The third kappa shape index (κ3) is 7.58. The van der Waals surface area contributed by atoms with Gasteiger partial charge >= 0.3 is 11.9 Å². The maximum atomic E-state index is 11.0. The Morgan fingerprint density at radius 1 is 1.07 bits per heavy atom. The summed E-state index contributed by atoms with van der Waals surface area (Å²) in [5.41, 5.74) is 0. The molecule has 0 radical (unpaired) electrons. The average molecular weight is 202 g/mol. The summed E-state index contributed by atoms with van der Waals surface area (Å²) in [6.45, 7) is 2.43. The normalized spacial score (nSPS) is 9.57. The van der Waals surface area contributed by atoms with E-state index < -0.39 is 0 Å². The number of ether oxygens (including phenoxy) is 2. The van der Waals surface area contributed by atoms with Crippen LogP contribution < -0.4 is 0 Å². The summed E-state index contributed by atoms with van der Waals surface area (Å²) in [5, 5.41) is 0. The Kier molecular flexibility index (Phi) is 7.89. The second kappa shape index (κ2) is 8.53. The lowest BCUT2D eigenvalue weighted by Gasteiger charge is -2.02. The molecule has 14 heavy (non-hydrogen) atoms. The van der Waals surface area contributed by atoms with E-state index in [4.69, 9.17) is 4.74 Å². The summed E-state index contributed by atoms with van der Waals surface area (Å²) < 4.78 is 9.34. The van der Waals surface area contributed by atoms with E-state index in [0.29, 0.717) is 32.3 Å². The quantitative estimate of drug-likeness (QED) is 0.465. The van der Waals surface area contributed by atoms with Gasteiger partial charge in [-0.05, 0) is 19.3 Å². The summed E-state index contributed by atoms with van der Waals surface area (Å²) in [4.78, 5) is 21.7. The fourth-order valence-corrected chi connectivity index (χ4v) is 0.929. The van der Waals surface area contributed by atoms with Gasteiger partial charge in [-0.15, -0.1) is 0 Å². The third-order valence-corrected chi connectivity index (χ3v) is 1.71. The number of carbonyl (C=O) groups excluding carboxylic acids is 2. The Hall–Kier alpha value is -1.06. The number of hydrogen-bond donors (Lipinski definition) is 0. The van der Waals surface area contributed by atoms with Crippen LogP contribution >= 0.6 is 0 Å². The second-order valence-electron chi connectivity index (χ2n) is 3.00. The first kappa shape index (κ1) is 12.9. The van der Waals surface area contributed by atoms with Gasteiger partial charge in [-0.25, -0.2) is 0 Å². The predicted octanol–water partition coefficient (Wildman–Crippen LogP) is 1.67. The van der Waals surface area contributed by atoms with Crippen molar-refractivity contribution in [2.24, 2.45) is 0 Å². The van der Waals surface area contributed by atoms with Crippen LogP contribution in [0.5, 0.6) is 0 Å². The molecule has 4 nitrogen and oxygen atoms in total. The van der Waals surface area contributed by atoms with Crippen LogP contribution in [0.15, 0.2) is 0 Å². The lowest BCUT2D eigenvalue weighted by Crippen LogP contribution is -2.05. The minimum atomic E-state index is -0.230. The van der Waals surface area contributed by atoms with Crippen molar-refractivity contribution in [2.45, 2.75) is 39.0 Å². The third-order valence-electron chi connectivity index (χ3n) is 1.71. The predicted molar refractivity (Wildman–Crippen MR) is 51.7 cm³/mol. The number of unbranched alkanes of at least 4 members (excludes halogenated alkanes) is 1. The minimum absolute atomic E-state index is 0.184. The molecule has 0 aromatic rings. The molecule has 0 aliphatic rings. The van der Waals surface area contributed by atoms with Gasteiger partial charge in [-0.3, -0.25) is 9.59 Å². The van der Waals surface area contributed by atoms with Gasteiger partial charge in [0.05, 0.1) is 13.7 Å². The molecule has 0 aromatic heterocycles. The summed E-state index contributed by atoms with van der Waals surface area (Å²) in [7, 11) is 1.36.